The summed E-state index contributed by atoms with van der Waals surface area (Å²) in [7, 11) is -1.78. The Labute approximate surface area is 313 Å². The molecule has 53 heavy (non-hydrogen) atoms. The number of hydrogen-bond acceptors (Lipinski definition) is 1. The first-order valence-electron chi connectivity index (χ1n) is 18.6. The quantitative estimate of drug-likeness (QED) is 0.157. The van der Waals surface area contributed by atoms with Crippen LogP contribution in [0.4, 0.5) is 17.1 Å². The normalized spacial score (nSPS) is 14.2. The Morgan fingerprint density at radius 1 is 0.358 bits per heavy atom. The molecule has 0 radical (unpaired) electrons. The van der Waals surface area contributed by atoms with E-state index in [4.69, 9.17) is 0 Å². The number of benzene rings is 8. The van der Waals surface area contributed by atoms with Gasteiger partial charge >= 0.3 is 0 Å². The van der Waals surface area contributed by atoms with Gasteiger partial charge in [-0.3, -0.25) is 0 Å². The smallest absolute Gasteiger partial charge is 0.113 e. The molecular weight excluding hydrogens is 655 g/mol. The number of anilines is 3. The van der Waals surface area contributed by atoms with Crippen molar-refractivity contribution >= 4 is 35.5 Å². The highest BCUT2D eigenvalue weighted by Crippen LogP contribution is 2.56. The van der Waals surface area contributed by atoms with Crippen molar-refractivity contribution in [3.05, 3.63) is 222 Å². The van der Waals surface area contributed by atoms with Crippen molar-refractivity contribution in [1.29, 1.82) is 0 Å². The van der Waals surface area contributed by atoms with Crippen LogP contribution >= 0.6 is 0 Å². The van der Waals surface area contributed by atoms with Crippen LogP contribution in [0.15, 0.2) is 200 Å². The molecule has 0 saturated heterocycles. The molecule has 252 valence electrons. The molecular formula is C51H39NSi. The summed E-state index contributed by atoms with van der Waals surface area (Å²) in [6.07, 6.45) is 0. The Morgan fingerprint density at radius 3 is 1.45 bits per heavy atom. The first-order valence-corrected chi connectivity index (χ1v) is 21.6. The molecule has 0 amide bonds. The van der Waals surface area contributed by atoms with Crippen molar-refractivity contribution in [3.63, 3.8) is 0 Å². The maximum Gasteiger partial charge on any atom is 0.113 e. The monoisotopic (exact) mass is 693 g/mol. The Hall–Kier alpha value is -6.22. The summed E-state index contributed by atoms with van der Waals surface area (Å²) < 4.78 is 0. The fraction of sp³-hybridized carbons (Fsp3) is 0.0588. The molecule has 0 spiro atoms. The van der Waals surface area contributed by atoms with Crippen LogP contribution in [0.2, 0.25) is 13.1 Å². The van der Waals surface area contributed by atoms with Crippen molar-refractivity contribution in [1.82, 2.24) is 0 Å². The number of hydrogen-bond donors (Lipinski definition) is 0. The number of nitrogens with zero attached hydrogens (tertiary/aromatic N) is 1. The molecule has 0 bridgehead atoms. The van der Waals surface area contributed by atoms with E-state index in [0.29, 0.717) is 0 Å². The molecule has 8 aromatic carbocycles. The second kappa shape index (κ2) is 12.2. The summed E-state index contributed by atoms with van der Waals surface area (Å²) in [4.78, 5) is 2.43. The Kier molecular flexibility index (Phi) is 7.25. The fourth-order valence-electron chi connectivity index (χ4n) is 9.30. The molecule has 2 aliphatic rings. The van der Waals surface area contributed by atoms with E-state index >= 15 is 0 Å². The van der Waals surface area contributed by atoms with Crippen LogP contribution in [0.1, 0.15) is 22.3 Å². The van der Waals surface area contributed by atoms with Gasteiger partial charge in [0, 0.05) is 17.1 Å². The van der Waals surface area contributed by atoms with Crippen molar-refractivity contribution in [2.45, 2.75) is 18.5 Å². The van der Waals surface area contributed by atoms with Crippen LogP contribution < -0.4 is 15.3 Å². The van der Waals surface area contributed by atoms with Gasteiger partial charge in [-0.25, -0.2) is 0 Å². The van der Waals surface area contributed by atoms with E-state index in [-0.39, 0.29) is 0 Å². The van der Waals surface area contributed by atoms with Crippen LogP contribution in [0.5, 0.6) is 0 Å². The van der Waals surface area contributed by atoms with Crippen molar-refractivity contribution in [2.75, 3.05) is 4.90 Å². The van der Waals surface area contributed by atoms with Crippen LogP contribution in [0.25, 0.3) is 33.4 Å². The second-order valence-electron chi connectivity index (χ2n) is 14.9. The maximum absolute atomic E-state index is 2.48. The van der Waals surface area contributed by atoms with Gasteiger partial charge in [-0.15, -0.1) is 0 Å². The summed E-state index contributed by atoms with van der Waals surface area (Å²) in [5, 5.41) is 3.04. The summed E-state index contributed by atoms with van der Waals surface area (Å²) in [6.45, 7) is 4.97. The van der Waals surface area contributed by atoms with E-state index in [1.165, 1.54) is 71.7 Å². The molecule has 10 rings (SSSR count). The molecule has 1 aliphatic carbocycles. The average Bonchev–Trinajstić information content (AvgIpc) is 3.65. The molecule has 0 saturated carbocycles. The van der Waals surface area contributed by atoms with Crippen LogP contribution in [-0.2, 0) is 5.41 Å². The van der Waals surface area contributed by atoms with E-state index in [1.54, 1.807) is 0 Å². The van der Waals surface area contributed by atoms with Crippen molar-refractivity contribution in [3.8, 4) is 33.4 Å². The van der Waals surface area contributed by atoms with Crippen molar-refractivity contribution in [2.24, 2.45) is 0 Å². The van der Waals surface area contributed by atoms with E-state index in [1.807, 2.05) is 0 Å². The van der Waals surface area contributed by atoms with Gasteiger partial charge in [0.2, 0.25) is 0 Å². The minimum absolute atomic E-state index is 0.428. The average molecular weight is 694 g/mol. The van der Waals surface area contributed by atoms with Gasteiger partial charge in [0.1, 0.15) is 8.07 Å². The first-order chi connectivity index (χ1) is 26.0. The van der Waals surface area contributed by atoms with Gasteiger partial charge in [-0.2, -0.15) is 0 Å². The van der Waals surface area contributed by atoms with E-state index in [9.17, 15) is 0 Å². The molecule has 0 N–H and O–H groups in total. The summed E-state index contributed by atoms with van der Waals surface area (Å²) in [5.74, 6) is 0. The molecule has 1 nitrogen and oxygen atoms in total. The van der Waals surface area contributed by atoms with Gasteiger partial charge in [0.05, 0.1) is 5.41 Å². The zero-order chi connectivity index (χ0) is 35.6. The van der Waals surface area contributed by atoms with Crippen LogP contribution in [0, 0.1) is 0 Å². The van der Waals surface area contributed by atoms with Gasteiger partial charge in [-0.1, -0.05) is 177 Å². The molecule has 0 unspecified atom stereocenters. The molecule has 2 heteroatoms. The molecule has 8 aromatic rings. The largest absolute Gasteiger partial charge is 0.310 e. The third-order valence-electron chi connectivity index (χ3n) is 11.8. The summed E-state index contributed by atoms with van der Waals surface area (Å²) in [5.41, 5.74) is 16.0. The molecule has 0 aromatic heterocycles. The minimum Gasteiger partial charge on any atom is -0.310 e. The SMILES string of the molecule is C[Si]1(C)c2ccccc2-c2cc(N(c3ccc(-c4ccccc4)cc3)c3ccc(C4(c5ccccc5)c5ccccc5-c5ccccc54)cc3)ccc21. The van der Waals surface area contributed by atoms with Crippen LogP contribution in [-0.4, -0.2) is 8.07 Å². The Bertz CT molecular complexity index is 2580. The predicted molar refractivity (Wildman–Crippen MR) is 226 cm³/mol. The van der Waals surface area contributed by atoms with E-state index in [2.05, 4.69) is 218 Å². The third kappa shape index (κ3) is 4.76. The van der Waals surface area contributed by atoms with Gasteiger partial charge in [0.25, 0.3) is 0 Å². The van der Waals surface area contributed by atoms with Gasteiger partial charge in [-0.05, 0) is 102 Å². The molecule has 0 atom stereocenters. The highest BCUT2D eigenvalue weighted by Gasteiger charge is 2.46. The number of rotatable bonds is 6. The summed E-state index contributed by atoms with van der Waals surface area (Å²) >= 11 is 0. The minimum atomic E-state index is -1.78. The third-order valence-corrected chi connectivity index (χ3v) is 15.3. The predicted octanol–water partition coefficient (Wildman–Crippen LogP) is 12.0. The van der Waals surface area contributed by atoms with E-state index in [0.717, 1.165) is 11.4 Å². The van der Waals surface area contributed by atoms with Crippen molar-refractivity contribution < 1.29 is 0 Å². The standard InChI is InChI=1S/C51H39NSi/c1-53(2)49-24-14-11-21-45(49)46-35-42(33-34-50(46)53)52(40-29-25-37(26-30-40)36-15-5-3-6-16-36)41-31-27-39(28-32-41)51(38-17-7-4-8-18-38)47-22-12-9-19-43(47)44-20-10-13-23-48(44)51/h3-35H,1-2H3. The zero-order valence-electron chi connectivity index (χ0n) is 30.0. The lowest BCUT2D eigenvalue weighted by Crippen LogP contribution is -2.49. The lowest BCUT2D eigenvalue weighted by atomic mass is 9.68. The fourth-order valence-corrected chi connectivity index (χ4v) is 12.4. The van der Waals surface area contributed by atoms with E-state index < -0.39 is 13.5 Å². The summed E-state index contributed by atoms with van der Waals surface area (Å²) in [6, 6.07) is 74.3. The Balaban J connectivity index is 1.15. The van der Waals surface area contributed by atoms with Gasteiger partial charge in [0.15, 0.2) is 0 Å². The van der Waals surface area contributed by atoms with Gasteiger partial charge < -0.3 is 4.90 Å². The first kappa shape index (κ1) is 31.5. The number of fused-ring (bicyclic) bond motifs is 6. The second-order valence-corrected chi connectivity index (χ2v) is 19.2. The van der Waals surface area contributed by atoms with Crippen LogP contribution in [0.3, 0.4) is 0 Å². The molecule has 0 fully saturated rings. The highest BCUT2D eigenvalue weighted by atomic mass is 28.3. The topological polar surface area (TPSA) is 3.24 Å². The molecule has 1 aliphatic heterocycles. The zero-order valence-corrected chi connectivity index (χ0v) is 31.0. The lowest BCUT2D eigenvalue weighted by Gasteiger charge is -2.34. The Morgan fingerprint density at radius 2 is 0.811 bits per heavy atom. The lowest BCUT2D eigenvalue weighted by molar-refractivity contribution is 0.768. The molecule has 1 heterocycles. The highest BCUT2D eigenvalue weighted by molar-refractivity contribution is 7.03. The maximum atomic E-state index is 2.48.